The zero-order valence-corrected chi connectivity index (χ0v) is 19.8. The van der Waals surface area contributed by atoms with Crippen molar-refractivity contribution in [3.8, 4) is 11.5 Å². The van der Waals surface area contributed by atoms with Crippen molar-refractivity contribution in [3.63, 3.8) is 0 Å². The van der Waals surface area contributed by atoms with Crippen LogP contribution in [0.15, 0.2) is 72.8 Å². The SMILES string of the molecule is CCOc1ccccc1NC(=O)C1CCC(=O)N(c2ccc(C)cc2)C1c1ccccc1OC. The van der Waals surface area contributed by atoms with Gasteiger partial charge < -0.3 is 19.7 Å². The Balaban J connectivity index is 1.76. The Morgan fingerprint density at radius 2 is 1.68 bits per heavy atom. The number of para-hydroxylation sites is 3. The summed E-state index contributed by atoms with van der Waals surface area (Å²) in [5, 5.41) is 3.06. The van der Waals surface area contributed by atoms with Crippen LogP contribution in [0.2, 0.25) is 0 Å². The van der Waals surface area contributed by atoms with E-state index in [1.165, 1.54) is 0 Å². The van der Waals surface area contributed by atoms with E-state index in [4.69, 9.17) is 9.47 Å². The largest absolute Gasteiger partial charge is 0.496 e. The first-order valence-electron chi connectivity index (χ1n) is 11.6. The van der Waals surface area contributed by atoms with Crippen molar-refractivity contribution in [3.05, 3.63) is 83.9 Å². The van der Waals surface area contributed by atoms with Crippen molar-refractivity contribution in [2.24, 2.45) is 5.92 Å². The quantitative estimate of drug-likeness (QED) is 0.506. The van der Waals surface area contributed by atoms with Crippen LogP contribution < -0.4 is 19.7 Å². The summed E-state index contributed by atoms with van der Waals surface area (Å²) in [6, 6.07) is 22.3. The number of hydrogen-bond acceptors (Lipinski definition) is 4. The standard InChI is InChI=1S/C28H30N2O4/c1-4-34-25-12-8-6-10-23(25)29-28(32)22-17-18-26(31)30(20-15-13-19(2)14-16-20)27(22)21-9-5-7-11-24(21)33-3/h5-16,22,27H,4,17-18H2,1-3H3,(H,29,32). The number of ether oxygens (including phenoxy) is 2. The second-order valence-corrected chi connectivity index (χ2v) is 8.35. The van der Waals surface area contributed by atoms with Crippen LogP contribution in [0.3, 0.4) is 0 Å². The summed E-state index contributed by atoms with van der Waals surface area (Å²) in [6.07, 6.45) is 0.720. The maximum atomic E-state index is 13.7. The second kappa shape index (κ2) is 10.4. The van der Waals surface area contributed by atoms with E-state index in [2.05, 4.69) is 5.32 Å². The van der Waals surface area contributed by atoms with Crippen molar-refractivity contribution in [1.29, 1.82) is 0 Å². The minimum Gasteiger partial charge on any atom is -0.496 e. The van der Waals surface area contributed by atoms with Gasteiger partial charge >= 0.3 is 0 Å². The highest BCUT2D eigenvalue weighted by molar-refractivity contribution is 6.00. The fraction of sp³-hybridized carbons (Fsp3) is 0.286. The predicted molar refractivity (Wildman–Crippen MR) is 133 cm³/mol. The molecule has 3 aromatic rings. The maximum absolute atomic E-state index is 13.7. The maximum Gasteiger partial charge on any atom is 0.230 e. The van der Waals surface area contributed by atoms with Crippen molar-refractivity contribution < 1.29 is 19.1 Å². The molecule has 0 aromatic heterocycles. The molecule has 1 N–H and O–H groups in total. The number of anilines is 2. The summed E-state index contributed by atoms with van der Waals surface area (Å²) in [5.74, 6) is 0.609. The molecular weight excluding hydrogens is 428 g/mol. The van der Waals surface area contributed by atoms with Crippen LogP contribution in [-0.4, -0.2) is 25.5 Å². The summed E-state index contributed by atoms with van der Waals surface area (Å²) < 4.78 is 11.3. The molecule has 1 saturated heterocycles. The van der Waals surface area contributed by atoms with E-state index >= 15 is 0 Å². The third-order valence-electron chi connectivity index (χ3n) is 6.15. The minimum absolute atomic E-state index is 0.0153. The molecule has 1 fully saturated rings. The molecule has 1 heterocycles. The van der Waals surface area contributed by atoms with Crippen LogP contribution in [0.25, 0.3) is 0 Å². The molecule has 0 spiro atoms. The lowest BCUT2D eigenvalue weighted by Crippen LogP contribution is -2.47. The summed E-state index contributed by atoms with van der Waals surface area (Å²) in [5.41, 5.74) is 3.28. The Bertz CT molecular complexity index is 1160. The number of nitrogens with one attached hydrogen (secondary N) is 1. The summed E-state index contributed by atoms with van der Waals surface area (Å²) in [4.78, 5) is 28.7. The molecule has 1 aliphatic rings. The van der Waals surface area contributed by atoms with Gasteiger partial charge in [-0.25, -0.2) is 0 Å². The molecule has 2 unspecified atom stereocenters. The van der Waals surface area contributed by atoms with Crippen molar-refractivity contribution in [2.45, 2.75) is 32.7 Å². The number of methoxy groups -OCH3 is 1. The van der Waals surface area contributed by atoms with Gasteiger partial charge in [0.15, 0.2) is 0 Å². The van der Waals surface area contributed by atoms with Crippen LogP contribution in [0.1, 0.15) is 36.9 Å². The molecule has 0 aliphatic carbocycles. The van der Waals surface area contributed by atoms with Crippen molar-refractivity contribution >= 4 is 23.2 Å². The highest BCUT2D eigenvalue weighted by atomic mass is 16.5. The van der Waals surface area contributed by atoms with Gasteiger partial charge in [0.25, 0.3) is 0 Å². The number of aryl methyl sites for hydroxylation is 1. The third-order valence-corrected chi connectivity index (χ3v) is 6.15. The topological polar surface area (TPSA) is 67.9 Å². The summed E-state index contributed by atoms with van der Waals surface area (Å²) in [7, 11) is 1.60. The van der Waals surface area contributed by atoms with Gasteiger partial charge in [0, 0.05) is 17.7 Å². The number of rotatable bonds is 7. The molecule has 0 saturated carbocycles. The van der Waals surface area contributed by atoms with Gasteiger partial charge in [0.1, 0.15) is 11.5 Å². The number of amides is 2. The zero-order valence-electron chi connectivity index (χ0n) is 19.8. The molecule has 0 radical (unpaired) electrons. The minimum atomic E-state index is -0.514. The molecule has 34 heavy (non-hydrogen) atoms. The van der Waals surface area contributed by atoms with Gasteiger partial charge in [0.2, 0.25) is 11.8 Å². The lowest BCUT2D eigenvalue weighted by atomic mass is 9.82. The smallest absolute Gasteiger partial charge is 0.230 e. The molecule has 6 heteroatoms. The Morgan fingerprint density at radius 3 is 2.38 bits per heavy atom. The first-order valence-corrected chi connectivity index (χ1v) is 11.6. The molecule has 3 aromatic carbocycles. The Hall–Kier alpha value is -3.80. The Kier molecular flexibility index (Phi) is 7.16. The molecule has 2 atom stereocenters. The first kappa shape index (κ1) is 23.4. The van der Waals surface area contributed by atoms with Crippen molar-refractivity contribution in [1.82, 2.24) is 0 Å². The molecule has 6 nitrogen and oxygen atoms in total. The van der Waals surface area contributed by atoms with Gasteiger partial charge in [-0.1, -0.05) is 48.0 Å². The van der Waals surface area contributed by atoms with Gasteiger partial charge in [-0.15, -0.1) is 0 Å². The molecular formula is C28H30N2O4. The molecule has 4 rings (SSSR count). The number of carbonyl (C=O) groups is 2. The predicted octanol–water partition coefficient (Wildman–Crippen LogP) is 5.53. The zero-order chi connectivity index (χ0) is 24.1. The number of hydrogen-bond donors (Lipinski definition) is 1. The molecule has 176 valence electrons. The average Bonchev–Trinajstić information content (AvgIpc) is 2.85. The van der Waals surface area contributed by atoms with Crippen LogP contribution in [-0.2, 0) is 9.59 Å². The lowest BCUT2D eigenvalue weighted by molar-refractivity contribution is -0.126. The van der Waals surface area contributed by atoms with Gasteiger partial charge in [-0.2, -0.15) is 0 Å². The number of benzene rings is 3. The van der Waals surface area contributed by atoms with E-state index in [0.29, 0.717) is 30.2 Å². The lowest BCUT2D eigenvalue weighted by Gasteiger charge is -2.41. The number of nitrogens with zero attached hydrogens (tertiary/aromatic N) is 1. The van der Waals surface area contributed by atoms with Gasteiger partial charge in [-0.3, -0.25) is 9.59 Å². The van der Waals surface area contributed by atoms with E-state index in [1.807, 2.05) is 86.6 Å². The monoisotopic (exact) mass is 458 g/mol. The highest BCUT2D eigenvalue weighted by Gasteiger charge is 2.42. The fourth-order valence-electron chi connectivity index (χ4n) is 4.52. The second-order valence-electron chi connectivity index (χ2n) is 8.35. The van der Waals surface area contributed by atoms with E-state index in [-0.39, 0.29) is 18.2 Å². The van der Waals surface area contributed by atoms with E-state index in [0.717, 1.165) is 16.8 Å². The summed E-state index contributed by atoms with van der Waals surface area (Å²) >= 11 is 0. The third kappa shape index (κ3) is 4.76. The Morgan fingerprint density at radius 1 is 1.00 bits per heavy atom. The van der Waals surface area contributed by atoms with Crippen LogP contribution in [0, 0.1) is 12.8 Å². The first-order chi connectivity index (χ1) is 16.5. The Labute approximate surface area is 200 Å². The van der Waals surface area contributed by atoms with Crippen LogP contribution in [0.5, 0.6) is 11.5 Å². The van der Waals surface area contributed by atoms with E-state index in [1.54, 1.807) is 12.0 Å². The average molecular weight is 459 g/mol. The number of piperidine rings is 1. The van der Waals surface area contributed by atoms with E-state index < -0.39 is 12.0 Å². The van der Waals surface area contributed by atoms with Gasteiger partial charge in [0.05, 0.1) is 31.4 Å². The molecule has 2 amide bonds. The van der Waals surface area contributed by atoms with Gasteiger partial charge in [-0.05, 0) is 50.6 Å². The molecule has 0 bridgehead atoms. The van der Waals surface area contributed by atoms with Crippen molar-refractivity contribution in [2.75, 3.05) is 23.9 Å². The summed E-state index contributed by atoms with van der Waals surface area (Å²) in [6.45, 7) is 4.41. The highest BCUT2D eigenvalue weighted by Crippen LogP contribution is 2.43. The normalized spacial score (nSPS) is 17.9. The van der Waals surface area contributed by atoms with Crippen LogP contribution >= 0.6 is 0 Å². The van der Waals surface area contributed by atoms with E-state index in [9.17, 15) is 9.59 Å². The fourth-order valence-corrected chi connectivity index (χ4v) is 4.52. The number of carbonyl (C=O) groups excluding carboxylic acids is 2. The molecule has 1 aliphatic heterocycles. The van der Waals surface area contributed by atoms with Crippen LogP contribution in [0.4, 0.5) is 11.4 Å².